The third-order valence-corrected chi connectivity index (χ3v) is 4.68. The third-order valence-electron chi connectivity index (χ3n) is 3.50. The molecule has 0 saturated carbocycles. The normalized spacial score (nSPS) is 28.9. The summed E-state index contributed by atoms with van der Waals surface area (Å²) in [5.74, 6) is -0.650. The summed E-state index contributed by atoms with van der Waals surface area (Å²) < 4.78 is 28.5. The lowest BCUT2D eigenvalue weighted by Gasteiger charge is -2.15. The Balaban J connectivity index is 2.07. The number of nitrogens with zero attached hydrogens (tertiary/aromatic N) is 1. The van der Waals surface area contributed by atoms with Crippen molar-refractivity contribution in [2.75, 3.05) is 6.61 Å². The van der Waals surface area contributed by atoms with E-state index < -0.39 is 51.0 Å². The first kappa shape index (κ1) is 19.9. The molecule has 2 unspecified atom stereocenters. The molecule has 2 heterocycles. The fraction of sp³-hybridized carbons (Fsp3) is 0.571. The highest BCUT2D eigenvalue weighted by Gasteiger charge is 2.49. The lowest BCUT2D eigenvalue weighted by Crippen LogP contribution is -2.46. The van der Waals surface area contributed by atoms with Crippen molar-refractivity contribution in [3.8, 4) is 0 Å². The van der Waals surface area contributed by atoms with Gasteiger partial charge in [-0.25, -0.2) is 9.05 Å². The molecule has 1 saturated heterocycles. The quantitative estimate of drug-likeness (QED) is 0.311. The van der Waals surface area contributed by atoms with Gasteiger partial charge >= 0.3 is 7.82 Å². The van der Waals surface area contributed by atoms with Crippen LogP contribution in [0.15, 0.2) is 24.5 Å². The number of hydrogen-bond donors (Lipinski definition) is 3. The van der Waals surface area contributed by atoms with Crippen molar-refractivity contribution in [2.24, 2.45) is 5.73 Å². The second-order valence-corrected chi connectivity index (χ2v) is 7.36. The van der Waals surface area contributed by atoms with Gasteiger partial charge in [0.25, 0.3) is 12.1 Å². The molecule has 0 radical (unpaired) electrons. The van der Waals surface area contributed by atoms with Crippen LogP contribution in [-0.4, -0.2) is 52.0 Å². The van der Waals surface area contributed by atoms with E-state index in [1.54, 1.807) is 19.9 Å². The number of aliphatic hydroxyl groups is 2. The molecule has 140 valence electrons. The third kappa shape index (κ3) is 5.05. The van der Waals surface area contributed by atoms with E-state index in [1.165, 1.54) is 23.0 Å². The van der Waals surface area contributed by atoms with Gasteiger partial charge in [-0.2, -0.15) is 9.13 Å². The van der Waals surface area contributed by atoms with Crippen molar-refractivity contribution < 1.29 is 42.8 Å². The molecule has 25 heavy (non-hydrogen) atoms. The predicted octanol–water partition coefficient (Wildman–Crippen LogP) is -1.03. The van der Waals surface area contributed by atoms with Gasteiger partial charge in [-0.1, -0.05) is 0 Å². The van der Waals surface area contributed by atoms with Gasteiger partial charge in [0, 0.05) is 6.07 Å². The van der Waals surface area contributed by atoms with Crippen LogP contribution >= 0.6 is 7.82 Å². The summed E-state index contributed by atoms with van der Waals surface area (Å²) in [6, 6.07) is 3.04. The Hall–Kier alpha value is -1.39. The van der Waals surface area contributed by atoms with Crippen LogP contribution in [0.4, 0.5) is 0 Å². The van der Waals surface area contributed by atoms with Gasteiger partial charge < -0.3 is 25.6 Å². The Morgan fingerprint density at radius 2 is 2.16 bits per heavy atom. The molecule has 2 rings (SSSR count). The Bertz CT molecular complexity index is 670. The summed E-state index contributed by atoms with van der Waals surface area (Å²) in [4.78, 5) is 18.7. The van der Waals surface area contributed by atoms with Crippen molar-refractivity contribution in [3.63, 3.8) is 0 Å². The number of pyridine rings is 1. The summed E-state index contributed by atoms with van der Waals surface area (Å²) in [6.07, 6.45) is -2.25. The molecule has 0 spiro atoms. The Morgan fingerprint density at radius 3 is 2.76 bits per heavy atom. The van der Waals surface area contributed by atoms with E-state index >= 15 is 0 Å². The number of hydrogen-bond acceptors (Lipinski definition) is 7. The van der Waals surface area contributed by atoms with Crippen molar-refractivity contribution in [1.82, 2.24) is 0 Å². The maximum absolute atomic E-state index is 11.8. The van der Waals surface area contributed by atoms with Crippen LogP contribution in [0.3, 0.4) is 0 Å². The lowest BCUT2D eigenvalue weighted by molar-refractivity contribution is -0.765. The van der Waals surface area contributed by atoms with Crippen LogP contribution in [0.5, 0.6) is 0 Å². The van der Waals surface area contributed by atoms with Crippen molar-refractivity contribution >= 4 is 13.7 Å². The molecule has 1 amide bonds. The van der Waals surface area contributed by atoms with Gasteiger partial charge in [0.05, 0.1) is 12.7 Å². The molecule has 10 nitrogen and oxygen atoms in total. The number of nitrogens with two attached hydrogens (primary N) is 1. The summed E-state index contributed by atoms with van der Waals surface area (Å²) in [5, 5.41) is 20.3. The molecular formula is C14H23N2O8P+2. The number of amides is 1. The number of carbonyl (C=O) groups is 1. The summed E-state index contributed by atoms with van der Waals surface area (Å²) in [6.45, 7) is 2.81. The smallest absolute Gasteiger partial charge is 0.387 e. The number of rotatable bonds is 7. The summed E-state index contributed by atoms with van der Waals surface area (Å²) >= 11 is 0. The van der Waals surface area contributed by atoms with E-state index in [4.69, 9.17) is 24.4 Å². The number of primary amides is 1. The average molecular weight is 378 g/mol. The summed E-state index contributed by atoms with van der Waals surface area (Å²) in [5.41, 5.74) is 5.42. The van der Waals surface area contributed by atoms with Crippen LogP contribution < -0.4 is 10.3 Å². The van der Waals surface area contributed by atoms with Crippen LogP contribution in [0, 0.1) is 0 Å². The Labute approximate surface area is 144 Å². The van der Waals surface area contributed by atoms with E-state index in [-0.39, 0.29) is 5.56 Å². The molecule has 11 heteroatoms. The zero-order chi connectivity index (χ0) is 18.8. The van der Waals surface area contributed by atoms with Crippen LogP contribution in [0.1, 0.15) is 30.4 Å². The number of aliphatic hydroxyl groups excluding tert-OH is 2. The fourth-order valence-electron chi connectivity index (χ4n) is 2.39. The Kier molecular flexibility index (Phi) is 6.28. The maximum atomic E-state index is 11.8. The monoisotopic (exact) mass is 378 g/mol. The van der Waals surface area contributed by atoms with Gasteiger partial charge in [-0.05, 0) is 19.9 Å². The highest BCUT2D eigenvalue weighted by molar-refractivity contribution is 7.47. The van der Waals surface area contributed by atoms with Crippen LogP contribution in [0.2, 0.25) is 0 Å². The molecule has 6 N–H and O–H groups in total. The zero-order valence-corrected chi connectivity index (χ0v) is 14.7. The predicted molar refractivity (Wildman–Crippen MR) is 84.5 cm³/mol. The van der Waals surface area contributed by atoms with E-state index in [0.29, 0.717) is 0 Å². The van der Waals surface area contributed by atoms with E-state index in [0.717, 1.165) is 0 Å². The van der Waals surface area contributed by atoms with Gasteiger partial charge in [0.1, 0.15) is 17.8 Å². The minimum atomic E-state index is -4.05. The lowest BCUT2D eigenvalue weighted by atomic mass is 10.1. The van der Waals surface area contributed by atoms with E-state index in [9.17, 15) is 19.6 Å². The topological polar surface area (TPSA) is 155 Å². The number of carbonyl (C=O) groups excluding carboxylic acids is 1. The fourth-order valence-corrected chi connectivity index (χ4v) is 3.35. The highest BCUT2D eigenvalue weighted by atomic mass is 31.2. The van der Waals surface area contributed by atoms with Gasteiger partial charge in [-0.15, -0.1) is 0 Å². The van der Waals surface area contributed by atoms with Crippen LogP contribution in [-0.2, 0) is 18.3 Å². The maximum Gasteiger partial charge on any atom is 0.634 e. The first-order valence-corrected chi connectivity index (χ1v) is 9.15. The molecule has 1 aromatic heterocycles. The van der Waals surface area contributed by atoms with Gasteiger partial charge in [-0.3, -0.25) is 4.79 Å². The average Bonchev–Trinajstić information content (AvgIpc) is 2.80. The molecular weight excluding hydrogens is 355 g/mol. The van der Waals surface area contributed by atoms with Gasteiger partial charge in [0.15, 0.2) is 18.5 Å². The van der Waals surface area contributed by atoms with Crippen molar-refractivity contribution in [2.45, 2.75) is 44.5 Å². The Morgan fingerprint density at radius 1 is 1.48 bits per heavy atom. The molecule has 1 aliphatic heterocycles. The van der Waals surface area contributed by atoms with E-state index in [1.807, 2.05) is 0 Å². The highest BCUT2D eigenvalue weighted by Crippen LogP contribution is 2.45. The zero-order valence-electron chi connectivity index (χ0n) is 13.8. The molecule has 5 atom stereocenters. The summed E-state index contributed by atoms with van der Waals surface area (Å²) in [7, 11) is -4.05. The molecule has 1 aliphatic rings. The minimum Gasteiger partial charge on any atom is -0.387 e. The van der Waals surface area contributed by atoms with Crippen molar-refractivity contribution in [1.29, 1.82) is 0 Å². The van der Waals surface area contributed by atoms with Crippen molar-refractivity contribution in [3.05, 3.63) is 30.1 Å². The van der Waals surface area contributed by atoms with E-state index in [2.05, 4.69) is 0 Å². The first-order valence-electron chi connectivity index (χ1n) is 7.61. The molecule has 1 aromatic rings. The number of ether oxygens (including phenoxy) is 1. The molecule has 0 aromatic carbocycles. The number of aromatic nitrogens is 1. The standard InChI is InChI=1S/C14H21N2O8P/c1-8(2)24-25(20,21)22-7-10-11(17)12(18)14(23-10)16-5-3-4-9(6-16)13(15)19/h3-6,8,10-12,14,17-18H,7H2,1-2H3,(H2-,15,19,20,21)/p+2/t10-,11-,12-,14?/m1/s1. The van der Waals surface area contributed by atoms with Crippen LogP contribution in [0.25, 0.3) is 0 Å². The first-order chi connectivity index (χ1) is 11.6. The van der Waals surface area contributed by atoms with Gasteiger partial charge in [0.2, 0.25) is 0 Å². The second-order valence-electron chi connectivity index (χ2n) is 5.90. The molecule has 0 aliphatic carbocycles. The SMILES string of the molecule is CC(C)OP(=O)([OH2+])OC[C@H]1OC([n+]2cccc(C(N)=O)c2)[C@H](O)[C@@H]1O. The minimum absolute atomic E-state index is 0.202. The molecule has 1 fully saturated rings. The largest absolute Gasteiger partial charge is 0.634 e. The second kappa shape index (κ2) is 7.88. The molecule has 0 bridgehead atoms.